The van der Waals surface area contributed by atoms with Crippen LogP contribution in [-0.4, -0.2) is 6.26 Å². The molecule has 0 saturated heterocycles. The molecule has 0 saturated carbocycles. The standard InChI is InChI=1S/C14H11NS/c1-16-14-8-7-12(9-13(14)10-15)11-5-3-2-4-6-11/h2-9H,1H3. The molecule has 0 aliphatic carbocycles. The van der Waals surface area contributed by atoms with Gasteiger partial charge >= 0.3 is 0 Å². The van der Waals surface area contributed by atoms with E-state index in [1.165, 1.54) is 0 Å². The second-order valence-electron chi connectivity index (χ2n) is 3.39. The van der Waals surface area contributed by atoms with Crippen molar-refractivity contribution in [3.63, 3.8) is 0 Å². The number of thioether (sulfide) groups is 1. The highest BCUT2D eigenvalue weighted by molar-refractivity contribution is 7.98. The zero-order valence-corrected chi connectivity index (χ0v) is 9.79. The molecule has 0 aliphatic rings. The molecule has 0 unspecified atom stereocenters. The molecule has 2 aromatic carbocycles. The van der Waals surface area contributed by atoms with E-state index in [4.69, 9.17) is 5.26 Å². The molecule has 0 amide bonds. The molecule has 0 aliphatic heterocycles. The number of hydrogen-bond donors (Lipinski definition) is 0. The maximum absolute atomic E-state index is 9.06. The van der Waals surface area contributed by atoms with Crippen molar-refractivity contribution in [3.8, 4) is 17.2 Å². The highest BCUT2D eigenvalue weighted by Gasteiger charge is 2.03. The van der Waals surface area contributed by atoms with E-state index in [0.717, 1.165) is 21.6 Å². The maximum atomic E-state index is 9.06. The number of nitrogens with zero attached hydrogens (tertiary/aromatic N) is 1. The molecule has 0 spiro atoms. The van der Waals surface area contributed by atoms with Crippen LogP contribution >= 0.6 is 11.8 Å². The summed E-state index contributed by atoms with van der Waals surface area (Å²) >= 11 is 1.60. The van der Waals surface area contributed by atoms with Gasteiger partial charge < -0.3 is 0 Å². The van der Waals surface area contributed by atoms with E-state index in [0.29, 0.717) is 0 Å². The summed E-state index contributed by atoms with van der Waals surface area (Å²) < 4.78 is 0. The van der Waals surface area contributed by atoms with E-state index >= 15 is 0 Å². The van der Waals surface area contributed by atoms with Crippen molar-refractivity contribution in [2.75, 3.05) is 6.26 Å². The molecular formula is C14H11NS. The van der Waals surface area contributed by atoms with Crippen LogP contribution in [0.15, 0.2) is 53.4 Å². The Labute approximate surface area is 99.7 Å². The van der Waals surface area contributed by atoms with Crippen LogP contribution in [0.4, 0.5) is 0 Å². The van der Waals surface area contributed by atoms with Gasteiger partial charge in [0.05, 0.1) is 5.56 Å². The highest BCUT2D eigenvalue weighted by atomic mass is 32.2. The van der Waals surface area contributed by atoms with Gasteiger partial charge in [0.2, 0.25) is 0 Å². The summed E-state index contributed by atoms with van der Waals surface area (Å²) in [6.45, 7) is 0. The predicted molar refractivity (Wildman–Crippen MR) is 68.4 cm³/mol. The lowest BCUT2D eigenvalue weighted by Crippen LogP contribution is -1.83. The number of nitriles is 1. The molecule has 78 valence electrons. The molecular weight excluding hydrogens is 214 g/mol. The van der Waals surface area contributed by atoms with Gasteiger partial charge in [-0.3, -0.25) is 0 Å². The molecule has 1 nitrogen and oxygen atoms in total. The summed E-state index contributed by atoms with van der Waals surface area (Å²) in [6, 6.07) is 18.3. The van der Waals surface area contributed by atoms with Gasteiger partial charge in [-0.2, -0.15) is 5.26 Å². The Morgan fingerprint density at radius 1 is 1.00 bits per heavy atom. The van der Waals surface area contributed by atoms with Crippen molar-refractivity contribution in [2.24, 2.45) is 0 Å². The van der Waals surface area contributed by atoms with Gasteiger partial charge in [-0.1, -0.05) is 36.4 Å². The monoisotopic (exact) mass is 225 g/mol. The molecule has 0 bridgehead atoms. The van der Waals surface area contributed by atoms with E-state index in [2.05, 4.69) is 24.3 Å². The van der Waals surface area contributed by atoms with Gasteiger partial charge in [-0.25, -0.2) is 0 Å². The predicted octanol–water partition coefficient (Wildman–Crippen LogP) is 3.95. The molecule has 0 radical (unpaired) electrons. The first-order chi connectivity index (χ1) is 7.85. The quantitative estimate of drug-likeness (QED) is 0.723. The van der Waals surface area contributed by atoms with E-state index in [1.54, 1.807) is 11.8 Å². The summed E-state index contributed by atoms with van der Waals surface area (Å²) in [6.07, 6.45) is 1.98. The highest BCUT2D eigenvalue weighted by Crippen LogP contribution is 2.26. The molecule has 2 heteroatoms. The largest absolute Gasteiger partial charge is 0.192 e. The lowest BCUT2D eigenvalue weighted by Gasteiger charge is -2.04. The van der Waals surface area contributed by atoms with Crippen LogP contribution in [0.3, 0.4) is 0 Å². The summed E-state index contributed by atoms with van der Waals surface area (Å²) in [5, 5.41) is 9.06. The second-order valence-corrected chi connectivity index (χ2v) is 4.24. The SMILES string of the molecule is CSc1ccc(-c2ccccc2)cc1C#N. The van der Waals surface area contributed by atoms with Crippen molar-refractivity contribution in [2.45, 2.75) is 4.90 Å². The zero-order valence-electron chi connectivity index (χ0n) is 8.97. The Bertz CT molecular complexity index is 526. The Balaban J connectivity index is 2.49. The van der Waals surface area contributed by atoms with E-state index in [1.807, 2.05) is 36.6 Å². The average molecular weight is 225 g/mol. The molecule has 0 aromatic heterocycles. The van der Waals surface area contributed by atoms with Crippen LogP contribution in [0.5, 0.6) is 0 Å². The average Bonchev–Trinajstić information content (AvgIpc) is 2.39. The molecule has 0 atom stereocenters. The van der Waals surface area contributed by atoms with Crippen LogP contribution in [0.2, 0.25) is 0 Å². The summed E-state index contributed by atoms with van der Waals surface area (Å²) in [5.74, 6) is 0. The van der Waals surface area contributed by atoms with Crippen molar-refractivity contribution in [1.82, 2.24) is 0 Å². The minimum Gasteiger partial charge on any atom is -0.192 e. The summed E-state index contributed by atoms with van der Waals surface area (Å²) in [4.78, 5) is 1.03. The Hall–Kier alpha value is -1.72. The van der Waals surface area contributed by atoms with Crippen molar-refractivity contribution in [1.29, 1.82) is 5.26 Å². The van der Waals surface area contributed by atoms with E-state index in [-0.39, 0.29) is 0 Å². The van der Waals surface area contributed by atoms with Gasteiger partial charge in [0.15, 0.2) is 0 Å². The number of rotatable bonds is 2. The number of benzene rings is 2. The first kappa shape index (κ1) is 10.8. The Kier molecular flexibility index (Phi) is 3.28. The lowest BCUT2D eigenvalue weighted by atomic mass is 10.0. The topological polar surface area (TPSA) is 23.8 Å². The third-order valence-corrected chi connectivity index (χ3v) is 3.22. The number of hydrogen-bond acceptors (Lipinski definition) is 2. The Morgan fingerprint density at radius 3 is 2.38 bits per heavy atom. The van der Waals surface area contributed by atoms with Gasteiger partial charge in [0.25, 0.3) is 0 Å². The lowest BCUT2D eigenvalue weighted by molar-refractivity contribution is 1.37. The van der Waals surface area contributed by atoms with Gasteiger partial charge in [0, 0.05) is 4.90 Å². The van der Waals surface area contributed by atoms with Crippen molar-refractivity contribution in [3.05, 3.63) is 54.1 Å². The van der Waals surface area contributed by atoms with Crippen LogP contribution in [0.25, 0.3) is 11.1 Å². The van der Waals surface area contributed by atoms with Gasteiger partial charge in [-0.15, -0.1) is 11.8 Å². The fraction of sp³-hybridized carbons (Fsp3) is 0.0714. The summed E-state index contributed by atoms with van der Waals surface area (Å²) in [7, 11) is 0. The second kappa shape index (κ2) is 4.87. The zero-order chi connectivity index (χ0) is 11.4. The molecule has 2 rings (SSSR count). The molecule has 2 aromatic rings. The Morgan fingerprint density at radius 2 is 1.75 bits per heavy atom. The molecule has 0 fully saturated rings. The first-order valence-corrected chi connectivity index (χ1v) is 6.21. The van der Waals surface area contributed by atoms with Gasteiger partial charge in [0.1, 0.15) is 6.07 Å². The maximum Gasteiger partial charge on any atom is 0.100 e. The van der Waals surface area contributed by atoms with Gasteiger partial charge in [-0.05, 0) is 29.5 Å². The summed E-state index contributed by atoms with van der Waals surface area (Å²) in [5.41, 5.74) is 2.98. The minimum absolute atomic E-state index is 0.744. The molecule has 0 N–H and O–H groups in total. The molecule has 0 heterocycles. The first-order valence-electron chi connectivity index (χ1n) is 4.98. The normalized spacial score (nSPS) is 9.75. The van der Waals surface area contributed by atoms with Crippen LogP contribution < -0.4 is 0 Å². The fourth-order valence-corrected chi connectivity index (χ4v) is 2.13. The van der Waals surface area contributed by atoms with Crippen molar-refractivity contribution >= 4 is 11.8 Å². The fourth-order valence-electron chi connectivity index (χ4n) is 1.61. The van der Waals surface area contributed by atoms with E-state index < -0.39 is 0 Å². The van der Waals surface area contributed by atoms with Crippen LogP contribution in [0, 0.1) is 11.3 Å². The third kappa shape index (κ3) is 2.10. The molecule has 16 heavy (non-hydrogen) atoms. The minimum atomic E-state index is 0.744. The van der Waals surface area contributed by atoms with Crippen molar-refractivity contribution < 1.29 is 0 Å². The van der Waals surface area contributed by atoms with Crippen LogP contribution in [0.1, 0.15) is 5.56 Å². The smallest absolute Gasteiger partial charge is 0.100 e. The van der Waals surface area contributed by atoms with Crippen LogP contribution in [-0.2, 0) is 0 Å². The third-order valence-electron chi connectivity index (χ3n) is 2.43. The van der Waals surface area contributed by atoms with E-state index in [9.17, 15) is 0 Å².